The number of carbonyl (C=O) groups is 2. The Morgan fingerprint density at radius 3 is 2.20 bits per heavy atom. The number of ether oxygens (including phenoxy) is 2. The minimum atomic E-state index is -0.597. The van der Waals surface area contributed by atoms with Crippen LogP contribution in [0.1, 0.15) is 59.9 Å². The van der Waals surface area contributed by atoms with E-state index in [0.29, 0.717) is 37.7 Å². The van der Waals surface area contributed by atoms with Gasteiger partial charge in [0.2, 0.25) is 0 Å². The van der Waals surface area contributed by atoms with Crippen LogP contribution < -0.4 is 25.4 Å². The maximum absolute atomic E-state index is 12.4. The Kier molecular flexibility index (Phi) is 8.12. The quantitative estimate of drug-likeness (QED) is 0.564. The van der Waals surface area contributed by atoms with E-state index in [1.807, 2.05) is 32.0 Å². The molecule has 1 aliphatic heterocycles. The predicted molar refractivity (Wildman–Crippen MR) is 118 cm³/mol. The molecular formula is C23H37N3O4. The number of nitrogens with one attached hydrogen (secondary N) is 3. The second-order valence-corrected chi connectivity index (χ2v) is 9.12. The number of rotatable bonds is 8. The summed E-state index contributed by atoms with van der Waals surface area (Å²) in [6.07, 6.45) is 2.16. The lowest BCUT2D eigenvalue weighted by atomic mass is 9.79. The van der Waals surface area contributed by atoms with Crippen molar-refractivity contribution in [1.29, 1.82) is 0 Å². The van der Waals surface area contributed by atoms with Gasteiger partial charge in [0.05, 0.1) is 13.2 Å². The third kappa shape index (κ3) is 7.20. The molecule has 3 N–H and O–H groups in total. The van der Waals surface area contributed by atoms with Crippen molar-refractivity contribution in [2.75, 3.05) is 19.8 Å². The van der Waals surface area contributed by atoms with Gasteiger partial charge in [0.25, 0.3) is 0 Å². The van der Waals surface area contributed by atoms with Crippen LogP contribution in [0.25, 0.3) is 0 Å². The van der Waals surface area contributed by atoms with E-state index in [0.717, 1.165) is 18.4 Å². The summed E-state index contributed by atoms with van der Waals surface area (Å²) in [6, 6.07) is 5.70. The fraction of sp³-hybridized carbons (Fsp3) is 0.652. The number of hydrogen-bond donors (Lipinski definition) is 3. The van der Waals surface area contributed by atoms with E-state index in [4.69, 9.17) is 9.47 Å². The molecule has 7 nitrogen and oxygen atoms in total. The molecule has 1 fully saturated rings. The number of carbonyl (C=O) groups excluding carboxylic acids is 2. The van der Waals surface area contributed by atoms with Crippen LogP contribution in [0.5, 0.6) is 11.5 Å². The molecule has 0 bridgehead atoms. The molecule has 1 aromatic carbocycles. The lowest BCUT2D eigenvalue weighted by molar-refractivity contribution is -0.140. The van der Waals surface area contributed by atoms with Crippen molar-refractivity contribution < 1.29 is 19.1 Å². The van der Waals surface area contributed by atoms with Crippen LogP contribution in [0.15, 0.2) is 18.2 Å². The van der Waals surface area contributed by atoms with Crippen molar-refractivity contribution in [2.45, 2.75) is 77.9 Å². The van der Waals surface area contributed by atoms with Crippen LogP contribution in [-0.4, -0.2) is 48.7 Å². The van der Waals surface area contributed by atoms with E-state index in [-0.39, 0.29) is 17.1 Å². The van der Waals surface area contributed by atoms with Crippen molar-refractivity contribution in [2.24, 2.45) is 0 Å². The van der Waals surface area contributed by atoms with Gasteiger partial charge < -0.3 is 25.4 Å². The third-order valence-corrected chi connectivity index (χ3v) is 5.04. The number of benzene rings is 1. The summed E-state index contributed by atoms with van der Waals surface area (Å²) in [5.74, 6) is 0.228. The van der Waals surface area contributed by atoms with Crippen LogP contribution in [0, 0.1) is 0 Å². The zero-order chi connectivity index (χ0) is 22.4. The van der Waals surface area contributed by atoms with Gasteiger partial charge in [-0.25, -0.2) is 0 Å². The largest absolute Gasteiger partial charge is 0.490 e. The summed E-state index contributed by atoms with van der Waals surface area (Å²) in [5, 5.41) is 9.18. The molecule has 0 radical (unpaired) electrons. The van der Waals surface area contributed by atoms with Gasteiger partial charge >= 0.3 is 11.8 Å². The molecule has 2 amide bonds. The maximum atomic E-state index is 12.4. The van der Waals surface area contributed by atoms with E-state index >= 15 is 0 Å². The molecule has 1 aromatic rings. The number of hydrogen-bond acceptors (Lipinski definition) is 5. The van der Waals surface area contributed by atoms with E-state index in [2.05, 4.69) is 43.6 Å². The van der Waals surface area contributed by atoms with Crippen LogP contribution in [0.4, 0.5) is 0 Å². The van der Waals surface area contributed by atoms with Crippen molar-refractivity contribution in [3.05, 3.63) is 23.8 Å². The Morgan fingerprint density at radius 1 is 1.00 bits per heavy atom. The second-order valence-electron chi connectivity index (χ2n) is 9.12. The third-order valence-electron chi connectivity index (χ3n) is 5.04. The van der Waals surface area contributed by atoms with Crippen LogP contribution in [-0.2, 0) is 16.0 Å². The predicted octanol–water partition coefficient (Wildman–Crippen LogP) is 2.57. The molecule has 0 saturated carbocycles. The molecule has 0 aliphatic carbocycles. The Bertz CT molecular complexity index is 730. The lowest BCUT2D eigenvalue weighted by Gasteiger charge is -2.46. The highest BCUT2D eigenvalue weighted by Crippen LogP contribution is 2.29. The Balaban J connectivity index is 1.85. The van der Waals surface area contributed by atoms with Crippen LogP contribution in [0.3, 0.4) is 0 Å². The van der Waals surface area contributed by atoms with Gasteiger partial charge in [-0.3, -0.25) is 9.59 Å². The van der Waals surface area contributed by atoms with E-state index in [1.54, 1.807) is 0 Å². The van der Waals surface area contributed by atoms with Crippen molar-refractivity contribution in [3.8, 4) is 11.5 Å². The number of amides is 2. The monoisotopic (exact) mass is 419 g/mol. The fourth-order valence-corrected chi connectivity index (χ4v) is 4.33. The van der Waals surface area contributed by atoms with Gasteiger partial charge in [-0.15, -0.1) is 0 Å². The Hall–Kier alpha value is -2.28. The van der Waals surface area contributed by atoms with Gasteiger partial charge in [-0.05, 0) is 78.5 Å². The molecule has 0 aromatic heterocycles. The Morgan fingerprint density at radius 2 is 1.60 bits per heavy atom. The smallest absolute Gasteiger partial charge is 0.309 e. The van der Waals surface area contributed by atoms with Gasteiger partial charge in [0.1, 0.15) is 0 Å². The topological polar surface area (TPSA) is 88.7 Å². The average molecular weight is 420 g/mol. The molecule has 2 rings (SSSR count). The average Bonchev–Trinajstić information content (AvgIpc) is 2.61. The SMILES string of the molecule is CCOc1ccc(CCNC(=O)C(=O)NC2CC(C)(C)NC(C)(C)C2)cc1OCC. The van der Waals surface area contributed by atoms with Crippen molar-refractivity contribution in [3.63, 3.8) is 0 Å². The molecule has 7 heteroatoms. The van der Waals surface area contributed by atoms with Gasteiger partial charge in [0, 0.05) is 23.7 Å². The first-order valence-electron chi connectivity index (χ1n) is 10.8. The minimum Gasteiger partial charge on any atom is -0.490 e. The molecule has 1 saturated heterocycles. The van der Waals surface area contributed by atoms with E-state index < -0.39 is 11.8 Å². The lowest BCUT2D eigenvalue weighted by Crippen LogP contribution is -2.62. The summed E-state index contributed by atoms with van der Waals surface area (Å²) >= 11 is 0. The molecule has 30 heavy (non-hydrogen) atoms. The van der Waals surface area contributed by atoms with Crippen molar-refractivity contribution in [1.82, 2.24) is 16.0 Å². The molecule has 1 heterocycles. The molecule has 0 spiro atoms. The highest BCUT2D eigenvalue weighted by molar-refractivity contribution is 6.35. The minimum absolute atomic E-state index is 0.0330. The molecule has 0 atom stereocenters. The first kappa shape index (κ1) is 24.0. The molecular weight excluding hydrogens is 382 g/mol. The van der Waals surface area contributed by atoms with E-state index in [1.165, 1.54) is 0 Å². The standard InChI is InChI=1S/C23H37N3O4/c1-7-29-18-10-9-16(13-19(18)30-8-2)11-12-24-20(27)21(28)25-17-14-22(3,4)26-23(5,6)15-17/h9-10,13,17,26H,7-8,11-12,14-15H2,1-6H3,(H,24,27)(H,25,28). The maximum Gasteiger partial charge on any atom is 0.309 e. The molecule has 0 unspecified atom stereocenters. The van der Waals surface area contributed by atoms with Crippen LogP contribution in [0.2, 0.25) is 0 Å². The molecule has 168 valence electrons. The first-order valence-corrected chi connectivity index (χ1v) is 10.8. The number of piperidine rings is 1. The summed E-state index contributed by atoms with van der Waals surface area (Å²) in [4.78, 5) is 24.6. The zero-order valence-electron chi connectivity index (χ0n) is 19.2. The fourth-order valence-electron chi connectivity index (χ4n) is 4.33. The molecule has 1 aliphatic rings. The van der Waals surface area contributed by atoms with Gasteiger partial charge in [-0.1, -0.05) is 6.07 Å². The second kappa shape index (κ2) is 10.2. The van der Waals surface area contributed by atoms with Crippen molar-refractivity contribution >= 4 is 11.8 Å². The summed E-state index contributed by atoms with van der Waals surface area (Å²) in [7, 11) is 0. The first-order chi connectivity index (χ1) is 14.0. The van der Waals surface area contributed by atoms with Gasteiger partial charge in [0.15, 0.2) is 11.5 Å². The normalized spacial score (nSPS) is 17.8. The van der Waals surface area contributed by atoms with E-state index in [9.17, 15) is 9.59 Å². The summed E-state index contributed by atoms with van der Waals surface area (Å²) in [6.45, 7) is 13.8. The summed E-state index contributed by atoms with van der Waals surface area (Å²) in [5.41, 5.74) is 0.814. The highest BCUT2D eigenvalue weighted by atomic mass is 16.5. The zero-order valence-corrected chi connectivity index (χ0v) is 19.2. The van der Waals surface area contributed by atoms with Gasteiger partial charge in [-0.2, -0.15) is 0 Å². The van der Waals surface area contributed by atoms with Crippen LogP contribution >= 0.6 is 0 Å². The highest BCUT2D eigenvalue weighted by Gasteiger charge is 2.38. The Labute approximate surface area is 180 Å². The summed E-state index contributed by atoms with van der Waals surface area (Å²) < 4.78 is 11.2.